The number of ether oxygens (including phenoxy) is 2. The van der Waals surface area contributed by atoms with E-state index in [1.807, 2.05) is 0 Å². The second kappa shape index (κ2) is 7.63. The topological polar surface area (TPSA) is 18.5 Å². The highest BCUT2D eigenvalue weighted by Gasteiger charge is 2.62. The van der Waals surface area contributed by atoms with Crippen LogP contribution in [0.25, 0.3) is 0 Å². The van der Waals surface area contributed by atoms with Gasteiger partial charge in [-0.3, -0.25) is 0 Å². The standard InChI is InChI=1S/C25H44O2/c1-7-18-14-25(26-10-11-27-25)9-8-19(18)17(6)12-21-22-13-20(15(2)3)23(16(4)5)24(21)22/h15-24H,7-14H2,1-6H3. The Morgan fingerprint density at radius 3 is 2.26 bits per heavy atom. The lowest BCUT2D eigenvalue weighted by Crippen LogP contribution is -2.42. The van der Waals surface area contributed by atoms with Crippen molar-refractivity contribution in [2.24, 2.45) is 59.2 Å². The van der Waals surface area contributed by atoms with Gasteiger partial charge in [-0.25, -0.2) is 0 Å². The van der Waals surface area contributed by atoms with Crippen LogP contribution < -0.4 is 0 Å². The van der Waals surface area contributed by atoms with Crippen molar-refractivity contribution in [3.8, 4) is 0 Å². The maximum atomic E-state index is 6.05. The Morgan fingerprint density at radius 2 is 1.67 bits per heavy atom. The average Bonchev–Trinajstić information content (AvgIpc) is 3.01. The Morgan fingerprint density at radius 1 is 0.963 bits per heavy atom. The van der Waals surface area contributed by atoms with Crippen molar-refractivity contribution in [1.29, 1.82) is 0 Å². The molecule has 4 rings (SSSR count). The Balaban J connectivity index is 1.36. The van der Waals surface area contributed by atoms with Crippen molar-refractivity contribution < 1.29 is 9.47 Å². The van der Waals surface area contributed by atoms with Crippen molar-refractivity contribution in [2.75, 3.05) is 13.2 Å². The maximum absolute atomic E-state index is 6.05. The van der Waals surface area contributed by atoms with Crippen molar-refractivity contribution in [1.82, 2.24) is 0 Å². The molecule has 156 valence electrons. The Hall–Kier alpha value is -0.0800. The Bertz CT molecular complexity index is 506. The molecule has 8 atom stereocenters. The van der Waals surface area contributed by atoms with Crippen molar-refractivity contribution in [2.45, 2.75) is 85.9 Å². The summed E-state index contributed by atoms with van der Waals surface area (Å²) in [6.07, 6.45) is 7.86. The summed E-state index contributed by atoms with van der Waals surface area (Å²) in [7, 11) is 0. The minimum absolute atomic E-state index is 0.208. The number of hydrogen-bond donors (Lipinski definition) is 0. The van der Waals surface area contributed by atoms with E-state index < -0.39 is 0 Å². The molecule has 0 bridgehead atoms. The van der Waals surface area contributed by atoms with Crippen LogP contribution in [0.4, 0.5) is 0 Å². The zero-order valence-corrected chi connectivity index (χ0v) is 18.7. The van der Waals surface area contributed by atoms with Gasteiger partial charge in [0.25, 0.3) is 0 Å². The first-order valence-corrected chi connectivity index (χ1v) is 12.1. The molecule has 1 heterocycles. The van der Waals surface area contributed by atoms with Crippen LogP contribution in [0.2, 0.25) is 0 Å². The molecular weight excluding hydrogens is 332 g/mol. The predicted molar refractivity (Wildman–Crippen MR) is 111 cm³/mol. The van der Waals surface area contributed by atoms with Gasteiger partial charge in [0.2, 0.25) is 0 Å². The first-order chi connectivity index (χ1) is 12.9. The summed E-state index contributed by atoms with van der Waals surface area (Å²) in [4.78, 5) is 0. The Kier molecular flexibility index (Phi) is 5.71. The highest BCUT2D eigenvalue weighted by atomic mass is 16.7. The SMILES string of the molecule is CCC1CC2(CCC1C(C)CC1C3CC(C(C)C)C(C(C)C)C13)OCCO2. The third-order valence-corrected chi connectivity index (χ3v) is 9.26. The lowest BCUT2D eigenvalue weighted by atomic mass is 9.67. The van der Waals surface area contributed by atoms with Crippen LogP contribution >= 0.6 is 0 Å². The molecule has 1 saturated heterocycles. The Labute approximate surface area is 168 Å². The van der Waals surface area contributed by atoms with Gasteiger partial charge in [-0.05, 0) is 78.4 Å². The molecule has 3 aliphatic carbocycles. The van der Waals surface area contributed by atoms with E-state index in [-0.39, 0.29) is 5.79 Å². The summed E-state index contributed by atoms with van der Waals surface area (Å²) >= 11 is 0. The lowest BCUT2D eigenvalue weighted by Gasteiger charge is -2.43. The monoisotopic (exact) mass is 376 g/mol. The van der Waals surface area contributed by atoms with E-state index in [0.717, 1.165) is 85.2 Å². The number of hydrogen-bond acceptors (Lipinski definition) is 2. The molecule has 4 fully saturated rings. The molecular formula is C25H44O2. The van der Waals surface area contributed by atoms with Gasteiger partial charge in [-0.1, -0.05) is 48.0 Å². The lowest BCUT2D eigenvalue weighted by molar-refractivity contribution is -0.198. The summed E-state index contributed by atoms with van der Waals surface area (Å²) in [6.45, 7) is 16.4. The molecule has 0 aromatic carbocycles. The first kappa shape index (κ1) is 20.2. The van der Waals surface area contributed by atoms with Crippen LogP contribution in [0.5, 0.6) is 0 Å². The van der Waals surface area contributed by atoms with Crippen LogP contribution in [0, 0.1) is 59.2 Å². The molecule has 0 amide bonds. The minimum atomic E-state index is -0.208. The summed E-state index contributed by atoms with van der Waals surface area (Å²) in [5.74, 6) is 9.19. The summed E-state index contributed by atoms with van der Waals surface area (Å²) < 4.78 is 12.1. The fourth-order valence-electron chi connectivity index (χ4n) is 7.96. The van der Waals surface area contributed by atoms with E-state index in [9.17, 15) is 0 Å². The van der Waals surface area contributed by atoms with E-state index in [0.29, 0.717) is 0 Å². The molecule has 0 aromatic rings. The quantitative estimate of drug-likeness (QED) is 0.534. The molecule has 8 unspecified atom stereocenters. The third kappa shape index (κ3) is 3.63. The number of fused-ring (bicyclic) bond motifs is 1. The molecule has 1 spiro atoms. The van der Waals surface area contributed by atoms with Crippen molar-refractivity contribution in [3.05, 3.63) is 0 Å². The molecule has 27 heavy (non-hydrogen) atoms. The molecule has 1 aliphatic heterocycles. The van der Waals surface area contributed by atoms with Crippen molar-refractivity contribution >= 4 is 0 Å². The van der Waals surface area contributed by atoms with Crippen LogP contribution in [0.3, 0.4) is 0 Å². The second-order valence-corrected chi connectivity index (χ2v) is 11.3. The van der Waals surface area contributed by atoms with Gasteiger partial charge < -0.3 is 9.47 Å². The molecule has 2 heteroatoms. The van der Waals surface area contributed by atoms with Gasteiger partial charge in [0, 0.05) is 12.8 Å². The highest BCUT2D eigenvalue weighted by molar-refractivity contribution is 5.10. The highest BCUT2D eigenvalue weighted by Crippen LogP contribution is 2.68. The van der Waals surface area contributed by atoms with E-state index in [4.69, 9.17) is 9.47 Å². The second-order valence-electron chi connectivity index (χ2n) is 11.3. The van der Waals surface area contributed by atoms with Crippen molar-refractivity contribution in [3.63, 3.8) is 0 Å². The third-order valence-electron chi connectivity index (χ3n) is 9.26. The molecule has 0 radical (unpaired) electrons. The maximum Gasteiger partial charge on any atom is 0.168 e. The van der Waals surface area contributed by atoms with E-state index in [1.165, 1.54) is 25.7 Å². The molecule has 4 aliphatic rings. The molecule has 2 nitrogen and oxygen atoms in total. The van der Waals surface area contributed by atoms with Gasteiger partial charge in [-0.15, -0.1) is 0 Å². The van der Waals surface area contributed by atoms with E-state index in [1.54, 1.807) is 0 Å². The largest absolute Gasteiger partial charge is 0.348 e. The van der Waals surface area contributed by atoms with E-state index >= 15 is 0 Å². The van der Waals surface area contributed by atoms with Crippen LogP contribution in [0.1, 0.15) is 80.1 Å². The first-order valence-electron chi connectivity index (χ1n) is 12.1. The smallest absolute Gasteiger partial charge is 0.168 e. The predicted octanol–water partition coefficient (Wildman–Crippen LogP) is 6.39. The van der Waals surface area contributed by atoms with Gasteiger partial charge in [0.15, 0.2) is 5.79 Å². The summed E-state index contributed by atoms with van der Waals surface area (Å²) in [6, 6.07) is 0. The molecule has 0 aromatic heterocycles. The summed E-state index contributed by atoms with van der Waals surface area (Å²) in [5.41, 5.74) is 0. The fraction of sp³-hybridized carbons (Fsp3) is 1.00. The zero-order valence-electron chi connectivity index (χ0n) is 18.7. The van der Waals surface area contributed by atoms with Crippen LogP contribution in [-0.4, -0.2) is 19.0 Å². The zero-order chi connectivity index (χ0) is 19.3. The molecule has 3 saturated carbocycles. The van der Waals surface area contributed by atoms with Crippen LogP contribution in [0.15, 0.2) is 0 Å². The molecule has 0 N–H and O–H groups in total. The van der Waals surface area contributed by atoms with Gasteiger partial charge in [-0.2, -0.15) is 0 Å². The normalized spacial score (nSPS) is 44.2. The van der Waals surface area contributed by atoms with Crippen LogP contribution in [-0.2, 0) is 9.47 Å². The fourth-order valence-corrected chi connectivity index (χ4v) is 7.96. The van der Waals surface area contributed by atoms with Gasteiger partial charge in [0.1, 0.15) is 0 Å². The number of rotatable bonds is 6. The minimum Gasteiger partial charge on any atom is -0.348 e. The summed E-state index contributed by atoms with van der Waals surface area (Å²) in [5, 5.41) is 0. The van der Waals surface area contributed by atoms with Gasteiger partial charge in [0.05, 0.1) is 13.2 Å². The van der Waals surface area contributed by atoms with Gasteiger partial charge >= 0.3 is 0 Å². The van der Waals surface area contributed by atoms with E-state index in [2.05, 4.69) is 41.5 Å². The average molecular weight is 377 g/mol.